The van der Waals surface area contributed by atoms with E-state index in [1.807, 2.05) is 0 Å². The maximum atomic E-state index is 4.43. The zero-order valence-corrected chi connectivity index (χ0v) is 13.2. The molecule has 2 heterocycles. The number of nitrogens with zero attached hydrogens (tertiary/aromatic N) is 4. The summed E-state index contributed by atoms with van der Waals surface area (Å²) >= 11 is 0. The summed E-state index contributed by atoms with van der Waals surface area (Å²) in [5, 5.41) is 3.40. The Bertz CT molecular complexity index is 427. The van der Waals surface area contributed by atoms with Crippen molar-refractivity contribution >= 4 is 11.6 Å². The van der Waals surface area contributed by atoms with Gasteiger partial charge in [-0.25, -0.2) is 9.97 Å². The average molecular weight is 277 g/mol. The highest BCUT2D eigenvalue weighted by molar-refractivity contribution is 5.48. The predicted octanol–water partition coefficient (Wildman–Crippen LogP) is 2.08. The molecule has 0 spiro atoms. The van der Waals surface area contributed by atoms with E-state index in [2.05, 4.69) is 59.0 Å². The van der Waals surface area contributed by atoms with Crippen LogP contribution in [0.3, 0.4) is 0 Å². The molecule has 1 aliphatic heterocycles. The van der Waals surface area contributed by atoms with Crippen molar-refractivity contribution in [3.63, 3.8) is 0 Å². The SMILES string of the molecule is CN1CCCN(c2cc(NCC(C)(C)C)ncn2)CC1. The van der Waals surface area contributed by atoms with Gasteiger partial charge in [0.05, 0.1) is 0 Å². The summed E-state index contributed by atoms with van der Waals surface area (Å²) in [6.07, 6.45) is 2.85. The second-order valence-electron chi connectivity index (χ2n) is 6.82. The third-order valence-corrected chi connectivity index (χ3v) is 3.50. The molecule has 0 aliphatic carbocycles. The van der Waals surface area contributed by atoms with Gasteiger partial charge < -0.3 is 15.1 Å². The van der Waals surface area contributed by atoms with Crippen molar-refractivity contribution in [3.8, 4) is 0 Å². The first-order chi connectivity index (χ1) is 9.44. The van der Waals surface area contributed by atoms with Gasteiger partial charge in [-0.2, -0.15) is 0 Å². The molecule has 0 radical (unpaired) electrons. The van der Waals surface area contributed by atoms with E-state index in [1.165, 1.54) is 6.42 Å². The van der Waals surface area contributed by atoms with Crippen LogP contribution in [0.5, 0.6) is 0 Å². The van der Waals surface area contributed by atoms with Crippen molar-refractivity contribution in [3.05, 3.63) is 12.4 Å². The quantitative estimate of drug-likeness (QED) is 0.916. The van der Waals surface area contributed by atoms with Crippen molar-refractivity contribution in [2.45, 2.75) is 27.2 Å². The summed E-state index contributed by atoms with van der Waals surface area (Å²) in [4.78, 5) is 13.5. The highest BCUT2D eigenvalue weighted by Gasteiger charge is 2.15. The van der Waals surface area contributed by atoms with Gasteiger partial charge in [-0.1, -0.05) is 20.8 Å². The van der Waals surface area contributed by atoms with Crippen molar-refractivity contribution in [2.75, 3.05) is 50.0 Å². The summed E-state index contributed by atoms with van der Waals surface area (Å²) in [7, 11) is 2.18. The lowest BCUT2D eigenvalue weighted by molar-refractivity contribution is 0.360. The minimum Gasteiger partial charge on any atom is -0.369 e. The predicted molar refractivity (Wildman–Crippen MR) is 84.3 cm³/mol. The number of hydrogen-bond donors (Lipinski definition) is 1. The summed E-state index contributed by atoms with van der Waals surface area (Å²) < 4.78 is 0. The lowest BCUT2D eigenvalue weighted by atomic mass is 9.97. The summed E-state index contributed by atoms with van der Waals surface area (Å²) in [6.45, 7) is 11.9. The van der Waals surface area contributed by atoms with E-state index in [-0.39, 0.29) is 5.41 Å². The molecule has 1 aliphatic rings. The van der Waals surface area contributed by atoms with E-state index in [0.717, 1.165) is 44.4 Å². The Hall–Kier alpha value is -1.36. The molecule has 0 amide bonds. The first-order valence-corrected chi connectivity index (χ1v) is 7.43. The van der Waals surface area contributed by atoms with E-state index < -0.39 is 0 Å². The fourth-order valence-corrected chi connectivity index (χ4v) is 2.25. The lowest BCUT2D eigenvalue weighted by Crippen LogP contribution is -2.29. The molecule has 5 nitrogen and oxygen atoms in total. The highest BCUT2D eigenvalue weighted by Crippen LogP contribution is 2.18. The van der Waals surface area contributed by atoms with Gasteiger partial charge >= 0.3 is 0 Å². The topological polar surface area (TPSA) is 44.3 Å². The highest BCUT2D eigenvalue weighted by atomic mass is 15.2. The van der Waals surface area contributed by atoms with Crippen molar-refractivity contribution in [2.24, 2.45) is 5.41 Å². The molecule has 0 bridgehead atoms. The fourth-order valence-electron chi connectivity index (χ4n) is 2.25. The molecule has 0 atom stereocenters. The van der Waals surface area contributed by atoms with E-state index in [9.17, 15) is 0 Å². The third kappa shape index (κ3) is 4.63. The van der Waals surface area contributed by atoms with E-state index in [0.29, 0.717) is 0 Å². The molecule has 20 heavy (non-hydrogen) atoms. The number of likely N-dealkylation sites (N-methyl/N-ethyl adjacent to an activating group) is 1. The zero-order valence-electron chi connectivity index (χ0n) is 13.2. The van der Waals surface area contributed by atoms with Gasteiger partial charge in [0.25, 0.3) is 0 Å². The molecule has 0 unspecified atom stereocenters. The zero-order chi connectivity index (χ0) is 14.6. The molecule has 1 aromatic heterocycles. The van der Waals surface area contributed by atoms with Crippen molar-refractivity contribution in [1.29, 1.82) is 0 Å². The van der Waals surface area contributed by atoms with E-state index >= 15 is 0 Å². The Morgan fingerprint density at radius 2 is 1.95 bits per heavy atom. The number of aromatic nitrogens is 2. The summed E-state index contributed by atoms with van der Waals surface area (Å²) in [6, 6.07) is 2.07. The second kappa shape index (κ2) is 6.39. The van der Waals surface area contributed by atoms with Crippen LogP contribution in [0.25, 0.3) is 0 Å². The van der Waals surface area contributed by atoms with E-state index in [4.69, 9.17) is 0 Å². The lowest BCUT2D eigenvalue weighted by Gasteiger charge is -2.23. The number of hydrogen-bond acceptors (Lipinski definition) is 5. The van der Waals surface area contributed by atoms with Crippen LogP contribution in [0.2, 0.25) is 0 Å². The number of rotatable bonds is 3. The van der Waals surface area contributed by atoms with Gasteiger partial charge in [-0.15, -0.1) is 0 Å². The molecule has 5 heteroatoms. The molecule has 112 valence electrons. The normalized spacial score (nSPS) is 17.9. The molecule has 0 aromatic carbocycles. The molecule has 0 saturated carbocycles. The van der Waals surface area contributed by atoms with Crippen LogP contribution in [0.15, 0.2) is 12.4 Å². The largest absolute Gasteiger partial charge is 0.369 e. The van der Waals surface area contributed by atoms with Gasteiger partial charge in [0.2, 0.25) is 0 Å². The summed E-state index contributed by atoms with van der Waals surface area (Å²) in [5.74, 6) is 1.95. The first-order valence-electron chi connectivity index (χ1n) is 7.43. The Morgan fingerprint density at radius 1 is 1.15 bits per heavy atom. The molecule has 1 aromatic rings. The standard InChI is InChI=1S/C15H27N5/c1-15(2,3)11-16-13-10-14(18-12-17-13)20-7-5-6-19(4)8-9-20/h10,12H,5-9,11H2,1-4H3,(H,16,17,18). The molecule has 1 saturated heterocycles. The number of nitrogens with one attached hydrogen (secondary N) is 1. The molecule has 1 N–H and O–H groups in total. The van der Waals surface area contributed by atoms with Gasteiger partial charge in [0.15, 0.2) is 0 Å². The van der Waals surface area contributed by atoms with E-state index in [1.54, 1.807) is 6.33 Å². The van der Waals surface area contributed by atoms with Crippen molar-refractivity contribution < 1.29 is 0 Å². The molecular formula is C15H27N5. The minimum atomic E-state index is 0.246. The fraction of sp³-hybridized carbons (Fsp3) is 0.733. The van der Waals surface area contributed by atoms with Crippen LogP contribution >= 0.6 is 0 Å². The minimum absolute atomic E-state index is 0.246. The Morgan fingerprint density at radius 3 is 2.70 bits per heavy atom. The van der Waals surface area contributed by atoms with Crippen LogP contribution in [-0.2, 0) is 0 Å². The maximum Gasteiger partial charge on any atom is 0.134 e. The first kappa shape index (κ1) is 15.0. The molecular weight excluding hydrogens is 250 g/mol. The summed E-state index contributed by atoms with van der Waals surface area (Å²) in [5.41, 5.74) is 0.246. The molecule has 2 rings (SSSR count). The van der Waals surface area contributed by atoms with Gasteiger partial charge in [0, 0.05) is 32.2 Å². The Balaban J connectivity index is 2.01. The average Bonchev–Trinajstić information content (AvgIpc) is 2.61. The van der Waals surface area contributed by atoms with Crippen LogP contribution in [0.1, 0.15) is 27.2 Å². The number of anilines is 2. The third-order valence-electron chi connectivity index (χ3n) is 3.50. The van der Waals surface area contributed by atoms with Gasteiger partial charge in [-0.3, -0.25) is 0 Å². The van der Waals surface area contributed by atoms with Crippen LogP contribution < -0.4 is 10.2 Å². The smallest absolute Gasteiger partial charge is 0.134 e. The van der Waals surface area contributed by atoms with Gasteiger partial charge in [0.1, 0.15) is 18.0 Å². The van der Waals surface area contributed by atoms with Gasteiger partial charge in [-0.05, 0) is 25.4 Å². The van der Waals surface area contributed by atoms with Crippen molar-refractivity contribution in [1.82, 2.24) is 14.9 Å². The maximum absolute atomic E-state index is 4.43. The second-order valence-corrected chi connectivity index (χ2v) is 6.82. The van der Waals surface area contributed by atoms with Crippen LogP contribution in [0, 0.1) is 5.41 Å². The monoisotopic (exact) mass is 277 g/mol. The van der Waals surface area contributed by atoms with Crippen LogP contribution in [-0.4, -0.2) is 54.6 Å². The van der Waals surface area contributed by atoms with Crippen LogP contribution in [0.4, 0.5) is 11.6 Å². The Labute approximate surface area is 122 Å². The Kier molecular flexibility index (Phi) is 4.81. The molecule has 1 fully saturated rings.